The van der Waals surface area contributed by atoms with Crippen LogP contribution in [0.2, 0.25) is 0 Å². The highest BCUT2D eigenvalue weighted by Gasteiger charge is 2.20. The fraction of sp³-hybridized carbons (Fsp3) is 0.667. The predicted octanol–water partition coefficient (Wildman–Crippen LogP) is 5.19. The molecule has 0 spiro atoms. The van der Waals surface area contributed by atoms with Gasteiger partial charge < -0.3 is 5.32 Å². The van der Waals surface area contributed by atoms with Crippen LogP contribution < -0.4 is 5.32 Å². The summed E-state index contributed by atoms with van der Waals surface area (Å²) in [6.07, 6.45) is 2.38. The van der Waals surface area contributed by atoms with Crippen molar-refractivity contribution in [2.24, 2.45) is 10.8 Å². The molecule has 1 aromatic carbocycles. The molecule has 1 atom stereocenters. The van der Waals surface area contributed by atoms with Crippen molar-refractivity contribution in [1.29, 1.82) is 0 Å². The van der Waals surface area contributed by atoms with Crippen LogP contribution in [0.25, 0.3) is 0 Å². The van der Waals surface area contributed by atoms with Crippen LogP contribution in [-0.4, -0.2) is 6.54 Å². The lowest BCUT2D eigenvalue weighted by Gasteiger charge is -2.28. The third kappa shape index (κ3) is 7.37. The van der Waals surface area contributed by atoms with Gasteiger partial charge in [0.15, 0.2) is 0 Å². The Hall–Kier alpha value is -0.820. The summed E-state index contributed by atoms with van der Waals surface area (Å²) < 4.78 is 0. The van der Waals surface area contributed by atoms with Gasteiger partial charge in [0.05, 0.1) is 0 Å². The van der Waals surface area contributed by atoms with Gasteiger partial charge in [-0.1, -0.05) is 71.9 Å². The third-order valence-electron chi connectivity index (χ3n) is 3.28. The summed E-state index contributed by atoms with van der Waals surface area (Å²) in [4.78, 5) is 0. The normalized spacial score (nSPS) is 14.4. The lowest BCUT2D eigenvalue weighted by molar-refractivity contribution is 0.293. The smallest absolute Gasteiger partial charge is 0.0325 e. The van der Waals surface area contributed by atoms with Crippen LogP contribution in [0, 0.1) is 10.8 Å². The van der Waals surface area contributed by atoms with Crippen LogP contribution in [-0.2, 0) is 0 Å². The molecule has 0 amide bonds. The maximum absolute atomic E-state index is 3.75. The second kappa shape index (κ2) is 6.56. The average molecular weight is 261 g/mol. The third-order valence-corrected chi connectivity index (χ3v) is 3.28. The molecule has 1 heteroatoms. The van der Waals surface area contributed by atoms with Crippen LogP contribution >= 0.6 is 0 Å². The molecule has 108 valence electrons. The van der Waals surface area contributed by atoms with Crippen molar-refractivity contribution in [3.8, 4) is 0 Å². The minimum absolute atomic E-state index is 0.343. The Morgan fingerprint density at radius 2 is 1.47 bits per heavy atom. The van der Waals surface area contributed by atoms with E-state index >= 15 is 0 Å². The van der Waals surface area contributed by atoms with Gasteiger partial charge in [0.2, 0.25) is 0 Å². The van der Waals surface area contributed by atoms with E-state index in [1.165, 1.54) is 18.4 Å². The molecule has 0 saturated heterocycles. The molecule has 0 radical (unpaired) electrons. The molecule has 0 aliphatic carbocycles. The summed E-state index contributed by atoms with van der Waals surface area (Å²) in [5.41, 5.74) is 2.15. The first-order valence-corrected chi connectivity index (χ1v) is 7.46. The molecular weight excluding hydrogens is 230 g/mol. The van der Waals surface area contributed by atoms with E-state index in [-0.39, 0.29) is 0 Å². The summed E-state index contributed by atoms with van der Waals surface area (Å²) in [5.74, 6) is 0. The standard InChI is InChI=1S/C18H31N/c1-17(2,3)12-13-19-16(14-18(4,5)6)15-10-8-7-9-11-15/h7-11,16,19H,12-14H2,1-6H3. The van der Waals surface area contributed by atoms with Gasteiger partial charge in [0, 0.05) is 6.04 Å². The van der Waals surface area contributed by atoms with Crippen LogP contribution in [0.3, 0.4) is 0 Å². The highest BCUT2D eigenvalue weighted by atomic mass is 14.9. The molecular formula is C18H31N. The molecule has 0 fully saturated rings. The second-order valence-corrected chi connectivity index (χ2v) is 7.99. The first-order chi connectivity index (χ1) is 8.67. The monoisotopic (exact) mass is 261 g/mol. The topological polar surface area (TPSA) is 12.0 Å². The summed E-state index contributed by atoms with van der Waals surface area (Å²) in [5, 5.41) is 3.75. The van der Waals surface area contributed by atoms with Crippen LogP contribution in [0.5, 0.6) is 0 Å². The van der Waals surface area contributed by atoms with Gasteiger partial charge in [-0.3, -0.25) is 0 Å². The van der Waals surface area contributed by atoms with Crippen LogP contribution in [0.15, 0.2) is 30.3 Å². The van der Waals surface area contributed by atoms with Gasteiger partial charge >= 0.3 is 0 Å². The van der Waals surface area contributed by atoms with Gasteiger partial charge in [0.1, 0.15) is 0 Å². The summed E-state index contributed by atoms with van der Waals surface area (Å²) >= 11 is 0. The van der Waals surface area contributed by atoms with Crippen molar-refractivity contribution in [2.45, 2.75) is 60.4 Å². The number of rotatable bonds is 5. The van der Waals surface area contributed by atoms with E-state index in [9.17, 15) is 0 Å². The first-order valence-electron chi connectivity index (χ1n) is 7.46. The van der Waals surface area contributed by atoms with Crippen molar-refractivity contribution in [3.05, 3.63) is 35.9 Å². The summed E-state index contributed by atoms with van der Waals surface area (Å²) in [7, 11) is 0. The fourth-order valence-electron chi connectivity index (χ4n) is 2.23. The number of nitrogens with one attached hydrogen (secondary N) is 1. The molecule has 19 heavy (non-hydrogen) atoms. The minimum atomic E-state index is 0.343. The second-order valence-electron chi connectivity index (χ2n) is 7.99. The molecule has 1 nitrogen and oxygen atoms in total. The Kier molecular flexibility index (Phi) is 5.61. The molecule has 1 N–H and O–H groups in total. The van der Waals surface area contributed by atoms with E-state index in [1.54, 1.807) is 0 Å². The van der Waals surface area contributed by atoms with E-state index in [0.717, 1.165) is 6.54 Å². The molecule has 0 saturated carbocycles. The van der Waals surface area contributed by atoms with Crippen LogP contribution in [0.4, 0.5) is 0 Å². The zero-order chi connectivity index (χ0) is 14.5. The van der Waals surface area contributed by atoms with Crippen LogP contribution in [0.1, 0.15) is 66.0 Å². The maximum Gasteiger partial charge on any atom is 0.0325 e. The Morgan fingerprint density at radius 1 is 0.895 bits per heavy atom. The van der Waals surface area contributed by atoms with Gasteiger partial charge in [-0.05, 0) is 35.8 Å². The number of hydrogen-bond acceptors (Lipinski definition) is 1. The lowest BCUT2D eigenvalue weighted by atomic mass is 9.85. The Labute approximate surface area is 119 Å². The quantitative estimate of drug-likeness (QED) is 0.769. The van der Waals surface area contributed by atoms with Crippen molar-refractivity contribution in [3.63, 3.8) is 0 Å². The maximum atomic E-state index is 3.75. The SMILES string of the molecule is CC(C)(C)CCNC(CC(C)(C)C)c1ccccc1. The number of hydrogen-bond donors (Lipinski definition) is 1. The molecule has 0 aliphatic rings. The van der Waals surface area contributed by atoms with E-state index in [1.807, 2.05) is 0 Å². The van der Waals surface area contributed by atoms with Gasteiger partial charge in [-0.2, -0.15) is 0 Å². The van der Waals surface area contributed by atoms with E-state index in [0.29, 0.717) is 16.9 Å². The van der Waals surface area contributed by atoms with Crippen molar-refractivity contribution in [1.82, 2.24) is 5.32 Å². The highest BCUT2D eigenvalue weighted by Crippen LogP contribution is 2.29. The van der Waals surface area contributed by atoms with Gasteiger partial charge in [-0.25, -0.2) is 0 Å². The zero-order valence-electron chi connectivity index (χ0n) is 13.6. The molecule has 0 aromatic heterocycles. The summed E-state index contributed by atoms with van der Waals surface area (Å²) in [6, 6.07) is 11.3. The molecule has 0 bridgehead atoms. The molecule has 1 rings (SSSR count). The number of benzene rings is 1. The predicted molar refractivity (Wildman–Crippen MR) is 85.3 cm³/mol. The molecule has 1 aromatic rings. The fourth-order valence-corrected chi connectivity index (χ4v) is 2.23. The Morgan fingerprint density at radius 3 is 1.95 bits per heavy atom. The summed E-state index contributed by atoms with van der Waals surface area (Å²) in [6.45, 7) is 14.9. The van der Waals surface area contributed by atoms with E-state index in [2.05, 4.69) is 77.2 Å². The van der Waals surface area contributed by atoms with Crippen molar-refractivity contribution >= 4 is 0 Å². The van der Waals surface area contributed by atoms with Gasteiger partial charge in [-0.15, -0.1) is 0 Å². The van der Waals surface area contributed by atoms with Crippen molar-refractivity contribution in [2.75, 3.05) is 6.54 Å². The largest absolute Gasteiger partial charge is 0.310 e. The highest BCUT2D eigenvalue weighted by molar-refractivity contribution is 5.19. The van der Waals surface area contributed by atoms with E-state index in [4.69, 9.17) is 0 Å². The Bertz CT molecular complexity index is 354. The van der Waals surface area contributed by atoms with E-state index < -0.39 is 0 Å². The van der Waals surface area contributed by atoms with Crippen molar-refractivity contribution < 1.29 is 0 Å². The Balaban J connectivity index is 2.66. The average Bonchev–Trinajstić information content (AvgIpc) is 2.25. The zero-order valence-corrected chi connectivity index (χ0v) is 13.6. The van der Waals surface area contributed by atoms with Gasteiger partial charge in [0.25, 0.3) is 0 Å². The lowest BCUT2D eigenvalue weighted by Crippen LogP contribution is -2.28. The molecule has 0 heterocycles. The first kappa shape index (κ1) is 16.2. The molecule has 0 aliphatic heterocycles. The minimum Gasteiger partial charge on any atom is -0.310 e. The molecule has 1 unspecified atom stereocenters.